The number of carbonyl (C=O) groups is 1. The van der Waals surface area contributed by atoms with Gasteiger partial charge >= 0.3 is 5.97 Å². The molecule has 0 aliphatic rings. The zero-order valence-electron chi connectivity index (χ0n) is 8.85. The quantitative estimate of drug-likeness (QED) is 0.426. The normalized spacial score (nSPS) is 13.5. The summed E-state index contributed by atoms with van der Waals surface area (Å²) in [4.78, 5) is 10.9. The third kappa shape index (κ3) is 5.66. The van der Waals surface area contributed by atoms with Crippen molar-refractivity contribution >= 4 is 17.6 Å². The smallest absolute Gasteiger partial charge is 0.333 e. The molecule has 1 atom stereocenters. The summed E-state index contributed by atoms with van der Waals surface area (Å²) in [6.07, 6.45) is 1.47. The van der Waals surface area contributed by atoms with Crippen LogP contribution in [0.3, 0.4) is 0 Å². The van der Waals surface area contributed by atoms with Gasteiger partial charge in [0, 0.05) is 18.0 Å². The first-order chi connectivity index (χ1) is 6.00. The Morgan fingerprint density at radius 1 is 1.38 bits per heavy atom. The highest BCUT2D eigenvalue weighted by molar-refractivity contribution is 6.15. The van der Waals surface area contributed by atoms with Crippen LogP contribution in [0, 0.1) is 0 Å². The standard InChI is InChI=1S/C8H15NO2.CH3Cl/c1-5(7(3)9)6(2)8(10)11-4;1-2/h7H,9H2,1-4H3;1H3. The molecule has 4 heteroatoms. The third-order valence-corrected chi connectivity index (χ3v) is 1.77. The minimum absolute atomic E-state index is 0.0888. The molecule has 0 fully saturated rings. The number of methoxy groups -OCH3 is 1. The van der Waals surface area contributed by atoms with Gasteiger partial charge in [-0.15, -0.1) is 11.6 Å². The van der Waals surface area contributed by atoms with Gasteiger partial charge in [0.1, 0.15) is 0 Å². The number of hydrogen-bond acceptors (Lipinski definition) is 3. The Balaban J connectivity index is 0. The molecule has 0 bridgehead atoms. The molecule has 0 aliphatic carbocycles. The molecule has 0 aromatic rings. The van der Waals surface area contributed by atoms with Crippen molar-refractivity contribution in [2.45, 2.75) is 26.8 Å². The molecule has 0 radical (unpaired) electrons. The predicted molar refractivity (Wildman–Crippen MR) is 55.8 cm³/mol. The largest absolute Gasteiger partial charge is 0.466 e. The second-order valence-electron chi connectivity index (χ2n) is 2.59. The first-order valence-corrected chi connectivity index (χ1v) is 4.65. The van der Waals surface area contributed by atoms with Gasteiger partial charge < -0.3 is 10.5 Å². The number of alkyl halides is 1. The van der Waals surface area contributed by atoms with Crippen molar-refractivity contribution in [3.63, 3.8) is 0 Å². The molecule has 2 N–H and O–H groups in total. The van der Waals surface area contributed by atoms with Crippen LogP contribution in [0.15, 0.2) is 11.1 Å². The van der Waals surface area contributed by atoms with E-state index in [1.165, 1.54) is 13.5 Å². The van der Waals surface area contributed by atoms with E-state index >= 15 is 0 Å². The molecule has 0 spiro atoms. The second-order valence-corrected chi connectivity index (χ2v) is 2.59. The molecule has 13 heavy (non-hydrogen) atoms. The zero-order valence-corrected chi connectivity index (χ0v) is 9.61. The first kappa shape index (κ1) is 15.0. The molecule has 0 saturated carbocycles. The monoisotopic (exact) mass is 207 g/mol. The molecule has 0 heterocycles. The molecule has 0 aromatic heterocycles. The van der Waals surface area contributed by atoms with E-state index in [9.17, 15) is 4.79 Å². The van der Waals surface area contributed by atoms with Crippen LogP contribution >= 0.6 is 11.6 Å². The van der Waals surface area contributed by atoms with Crippen molar-refractivity contribution in [2.24, 2.45) is 5.73 Å². The van der Waals surface area contributed by atoms with E-state index in [4.69, 9.17) is 5.73 Å². The Hall–Kier alpha value is -0.540. The van der Waals surface area contributed by atoms with Crippen molar-refractivity contribution in [1.29, 1.82) is 0 Å². The highest BCUT2D eigenvalue weighted by atomic mass is 35.5. The fourth-order valence-electron chi connectivity index (χ4n) is 0.656. The lowest BCUT2D eigenvalue weighted by molar-refractivity contribution is -0.136. The van der Waals surface area contributed by atoms with Crippen LogP contribution in [0.25, 0.3) is 0 Å². The lowest BCUT2D eigenvalue weighted by Crippen LogP contribution is -2.19. The molecule has 0 saturated heterocycles. The lowest BCUT2D eigenvalue weighted by Gasteiger charge is -2.08. The second kappa shape index (κ2) is 8.08. The minimum Gasteiger partial charge on any atom is -0.466 e. The van der Waals surface area contributed by atoms with E-state index in [1.54, 1.807) is 6.92 Å². The van der Waals surface area contributed by atoms with Crippen molar-refractivity contribution in [1.82, 2.24) is 0 Å². The fraction of sp³-hybridized carbons (Fsp3) is 0.667. The number of carbonyl (C=O) groups excluding carboxylic acids is 1. The van der Waals surface area contributed by atoms with Gasteiger partial charge in [-0.3, -0.25) is 0 Å². The predicted octanol–water partition coefficient (Wildman–Crippen LogP) is 1.70. The van der Waals surface area contributed by atoms with Gasteiger partial charge in [0.25, 0.3) is 0 Å². The number of halogens is 1. The average Bonchev–Trinajstić information content (AvgIpc) is 2.17. The number of hydrogen-bond donors (Lipinski definition) is 1. The van der Waals surface area contributed by atoms with Gasteiger partial charge in [0.2, 0.25) is 0 Å². The van der Waals surface area contributed by atoms with Crippen LogP contribution in [0.2, 0.25) is 0 Å². The Morgan fingerprint density at radius 3 is 2.00 bits per heavy atom. The van der Waals surface area contributed by atoms with Crippen LogP contribution in [0.4, 0.5) is 0 Å². The van der Waals surface area contributed by atoms with Crippen molar-refractivity contribution in [3.05, 3.63) is 11.1 Å². The molecule has 0 rings (SSSR count). The number of ether oxygens (including phenoxy) is 1. The van der Waals surface area contributed by atoms with Crippen molar-refractivity contribution in [2.75, 3.05) is 13.5 Å². The highest BCUT2D eigenvalue weighted by Gasteiger charge is 2.09. The fourth-order valence-corrected chi connectivity index (χ4v) is 0.656. The van der Waals surface area contributed by atoms with E-state index in [1.807, 2.05) is 13.8 Å². The van der Waals surface area contributed by atoms with Crippen molar-refractivity contribution < 1.29 is 9.53 Å². The molecule has 1 unspecified atom stereocenters. The number of nitrogens with two attached hydrogens (primary N) is 1. The van der Waals surface area contributed by atoms with Gasteiger partial charge in [0.05, 0.1) is 7.11 Å². The van der Waals surface area contributed by atoms with Gasteiger partial charge in [-0.05, 0) is 26.3 Å². The van der Waals surface area contributed by atoms with Gasteiger partial charge in [0.15, 0.2) is 0 Å². The molecule has 0 amide bonds. The molecule has 0 aromatic carbocycles. The molecule has 0 aliphatic heterocycles. The Kier molecular flexibility index (Phi) is 9.29. The van der Waals surface area contributed by atoms with Gasteiger partial charge in [-0.1, -0.05) is 0 Å². The van der Waals surface area contributed by atoms with E-state index in [2.05, 4.69) is 16.3 Å². The topological polar surface area (TPSA) is 52.3 Å². The van der Waals surface area contributed by atoms with Gasteiger partial charge in [-0.2, -0.15) is 0 Å². The van der Waals surface area contributed by atoms with Crippen LogP contribution in [0.1, 0.15) is 20.8 Å². The summed E-state index contributed by atoms with van der Waals surface area (Å²) in [6.45, 7) is 5.38. The molecular formula is C9H18ClNO2. The lowest BCUT2D eigenvalue weighted by atomic mass is 10.1. The van der Waals surface area contributed by atoms with Crippen LogP contribution in [-0.4, -0.2) is 25.5 Å². The Bertz CT molecular complexity index is 188. The summed E-state index contributed by atoms with van der Waals surface area (Å²) in [6, 6.07) is -0.0888. The van der Waals surface area contributed by atoms with Crippen LogP contribution in [-0.2, 0) is 9.53 Å². The minimum atomic E-state index is -0.306. The van der Waals surface area contributed by atoms with Crippen LogP contribution in [0.5, 0.6) is 0 Å². The van der Waals surface area contributed by atoms with E-state index in [0.29, 0.717) is 5.57 Å². The Labute approximate surface area is 84.9 Å². The maximum absolute atomic E-state index is 10.9. The zero-order chi connectivity index (χ0) is 11.0. The van der Waals surface area contributed by atoms with E-state index in [0.717, 1.165) is 5.57 Å². The maximum Gasteiger partial charge on any atom is 0.333 e. The van der Waals surface area contributed by atoms with E-state index < -0.39 is 0 Å². The molecular weight excluding hydrogens is 190 g/mol. The first-order valence-electron chi connectivity index (χ1n) is 3.89. The SMILES string of the molecule is CCl.COC(=O)C(C)=C(C)C(C)N. The maximum atomic E-state index is 10.9. The molecule has 78 valence electrons. The summed E-state index contributed by atoms with van der Waals surface area (Å²) in [5.41, 5.74) is 7.04. The Morgan fingerprint density at radius 2 is 1.77 bits per heavy atom. The van der Waals surface area contributed by atoms with Crippen molar-refractivity contribution in [3.8, 4) is 0 Å². The molecule has 3 nitrogen and oxygen atoms in total. The summed E-state index contributed by atoms with van der Waals surface area (Å²) >= 11 is 4.64. The summed E-state index contributed by atoms with van der Waals surface area (Å²) in [5.74, 6) is -0.306. The number of esters is 1. The van der Waals surface area contributed by atoms with Crippen LogP contribution < -0.4 is 5.73 Å². The summed E-state index contributed by atoms with van der Waals surface area (Å²) in [7, 11) is 1.36. The summed E-state index contributed by atoms with van der Waals surface area (Å²) in [5, 5.41) is 0. The van der Waals surface area contributed by atoms with Gasteiger partial charge in [-0.25, -0.2) is 4.79 Å². The number of rotatable bonds is 2. The van der Waals surface area contributed by atoms with E-state index in [-0.39, 0.29) is 12.0 Å². The summed E-state index contributed by atoms with van der Waals surface area (Å²) < 4.78 is 4.53. The highest BCUT2D eigenvalue weighted by Crippen LogP contribution is 2.07. The average molecular weight is 208 g/mol. The third-order valence-electron chi connectivity index (χ3n) is 1.77.